The third-order valence-electron chi connectivity index (χ3n) is 5.77. The molecule has 0 spiro atoms. The number of aliphatic hydroxyl groups is 1. The van der Waals surface area contributed by atoms with E-state index in [-0.39, 0.29) is 18.4 Å². The van der Waals surface area contributed by atoms with E-state index < -0.39 is 0 Å². The summed E-state index contributed by atoms with van der Waals surface area (Å²) in [7, 11) is 0. The van der Waals surface area contributed by atoms with Crippen LogP contribution in [0.3, 0.4) is 0 Å². The molecule has 1 amide bonds. The summed E-state index contributed by atoms with van der Waals surface area (Å²) in [6, 6.07) is 17.5. The van der Waals surface area contributed by atoms with Gasteiger partial charge in [-0.1, -0.05) is 56.0 Å². The Kier molecular flexibility index (Phi) is 7.33. The molecule has 31 heavy (non-hydrogen) atoms. The first-order valence-corrected chi connectivity index (χ1v) is 11.8. The number of rotatable bonds is 9. The molecule has 3 aromatic rings. The van der Waals surface area contributed by atoms with E-state index in [2.05, 4.69) is 10.3 Å². The highest BCUT2D eigenvalue weighted by molar-refractivity contribution is 7.13. The number of carbonyl (C=O) groups excluding carboxylic acids is 1. The van der Waals surface area contributed by atoms with E-state index in [4.69, 9.17) is 9.84 Å². The van der Waals surface area contributed by atoms with Crippen molar-refractivity contribution in [2.75, 3.05) is 11.9 Å². The lowest BCUT2D eigenvalue weighted by Crippen LogP contribution is -2.23. The van der Waals surface area contributed by atoms with Gasteiger partial charge < -0.3 is 15.2 Å². The van der Waals surface area contributed by atoms with Crippen LogP contribution in [0, 0.1) is 5.92 Å². The summed E-state index contributed by atoms with van der Waals surface area (Å²) in [6.07, 6.45) is 6.23. The van der Waals surface area contributed by atoms with Crippen molar-refractivity contribution in [1.29, 1.82) is 0 Å². The second-order valence-corrected chi connectivity index (χ2v) is 8.89. The third-order valence-corrected chi connectivity index (χ3v) is 6.58. The molecule has 6 heteroatoms. The van der Waals surface area contributed by atoms with Crippen molar-refractivity contribution >= 4 is 22.4 Å². The molecule has 0 aliphatic heterocycles. The topological polar surface area (TPSA) is 71.5 Å². The molecule has 1 fully saturated rings. The smallest absolute Gasteiger partial charge is 0.233 e. The van der Waals surface area contributed by atoms with Crippen molar-refractivity contribution in [2.45, 2.75) is 44.4 Å². The number of thiazole rings is 1. The first-order valence-electron chi connectivity index (χ1n) is 10.9. The van der Waals surface area contributed by atoms with Gasteiger partial charge in [-0.2, -0.15) is 0 Å². The van der Waals surface area contributed by atoms with Gasteiger partial charge in [0.15, 0.2) is 5.13 Å². The molecule has 5 nitrogen and oxygen atoms in total. The molecule has 1 heterocycles. The molecule has 162 valence electrons. The Morgan fingerprint density at radius 2 is 1.81 bits per heavy atom. The van der Waals surface area contributed by atoms with Crippen LogP contribution in [0.25, 0.3) is 0 Å². The second kappa shape index (κ2) is 10.6. The van der Waals surface area contributed by atoms with Crippen LogP contribution in [0.1, 0.15) is 49.3 Å². The van der Waals surface area contributed by atoms with Gasteiger partial charge in [0.1, 0.15) is 11.5 Å². The lowest BCUT2D eigenvalue weighted by Gasteiger charge is -2.20. The Hall–Kier alpha value is -2.70. The summed E-state index contributed by atoms with van der Waals surface area (Å²) >= 11 is 1.40. The zero-order valence-electron chi connectivity index (χ0n) is 17.5. The van der Waals surface area contributed by atoms with Crippen LogP contribution in [-0.4, -0.2) is 22.6 Å². The van der Waals surface area contributed by atoms with Gasteiger partial charge in [-0.3, -0.25) is 4.79 Å². The molecule has 1 aliphatic rings. The monoisotopic (exact) mass is 436 g/mol. The van der Waals surface area contributed by atoms with E-state index in [0.717, 1.165) is 29.2 Å². The average molecular weight is 437 g/mol. The van der Waals surface area contributed by atoms with E-state index in [1.165, 1.54) is 37.0 Å². The second-order valence-electron chi connectivity index (χ2n) is 8.03. The van der Waals surface area contributed by atoms with Crippen molar-refractivity contribution in [3.05, 3.63) is 71.2 Å². The minimum absolute atomic E-state index is 0.0199. The summed E-state index contributed by atoms with van der Waals surface area (Å²) in [4.78, 5) is 17.6. The normalized spacial score (nSPS) is 15.0. The summed E-state index contributed by atoms with van der Waals surface area (Å²) < 4.78 is 5.90. The van der Waals surface area contributed by atoms with Gasteiger partial charge in [0, 0.05) is 18.4 Å². The molecule has 1 unspecified atom stereocenters. The fraction of sp³-hybridized carbons (Fsp3) is 0.360. The Bertz CT molecular complexity index is 966. The van der Waals surface area contributed by atoms with Crippen LogP contribution < -0.4 is 10.1 Å². The van der Waals surface area contributed by atoms with Gasteiger partial charge in [-0.05, 0) is 42.2 Å². The van der Waals surface area contributed by atoms with E-state index >= 15 is 0 Å². The standard InChI is InChI=1S/C25H28N2O3S/c28-15-14-20-17-31-25(26-20)27-24(29)23(16-18-6-4-5-7-18)19-10-12-22(13-11-19)30-21-8-2-1-3-9-21/h1-3,8-13,17-18,23,28H,4-7,14-16H2,(H,26,27,29). The Morgan fingerprint density at radius 1 is 1.10 bits per heavy atom. The SMILES string of the molecule is O=C(Nc1nc(CCO)cs1)C(CC1CCCC1)c1ccc(Oc2ccccc2)cc1. The first-order chi connectivity index (χ1) is 15.2. The molecule has 4 rings (SSSR count). The zero-order chi connectivity index (χ0) is 21.5. The number of ether oxygens (including phenoxy) is 1. The lowest BCUT2D eigenvalue weighted by atomic mass is 9.87. The fourth-order valence-electron chi connectivity index (χ4n) is 4.15. The molecule has 1 aromatic heterocycles. The number of hydrogen-bond donors (Lipinski definition) is 2. The molecule has 1 aliphatic carbocycles. The molecule has 0 saturated heterocycles. The van der Waals surface area contributed by atoms with Crippen molar-refractivity contribution in [3.63, 3.8) is 0 Å². The lowest BCUT2D eigenvalue weighted by molar-refractivity contribution is -0.118. The molecule has 2 N–H and O–H groups in total. The van der Waals surface area contributed by atoms with Crippen molar-refractivity contribution in [3.8, 4) is 11.5 Å². The van der Waals surface area contributed by atoms with Gasteiger partial charge in [-0.25, -0.2) is 4.98 Å². The predicted molar refractivity (Wildman–Crippen MR) is 124 cm³/mol. The summed E-state index contributed by atoms with van der Waals surface area (Å²) in [5.41, 5.74) is 1.80. The zero-order valence-corrected chi connectivity index (χ0v) is 18.3. The third kappa shape index (κ3) is 5.93. The number of benzene rings is 2. The van der Waals surface area contributed by atoms with E-state index in [1.54, 1.807) is 0 Å². The fourth-order valence-corrected chi connectivity index (χ4v) is 4.90. The number of nitrogens with zero attached hydrogens (tertiary/aromatic N) is 1. The van der Waals surface area contributed by atoms with Crippen LogP contribution in [0.2, 0.25) is 0 Å². The summed E-state index contributed by atoms with van der Waals surface area (Å²) in [6.45, 7) is 0.0544. The van der Waals surface area contributed by atoms with Gasteiger partial charge in [0.2, 0.25) is 5.91 Å². The number of hydrogen-bond acceptors (Lipinski definition) is 5. The van der Waals surface area contributed by atoms with Crippen LogP contribution in [-0.2, 0) is 11.2 Å². The largest absolute Gasteiger partial charge is 0.457 e. The highest BCUT2D eigenvalue weighted by Gasteiger charge is 2.27. The van der Waals surface area contributed by atoms with Crippen molar-refractivity contribution in [2.24, 2.45) is 5.92 Å². The maximum atomic E-state index is 13.2. The van der Waals surface area contributed by atoms with Gasteiger partial charge in [0.25, 0.3) is 0 Å². The van der Waals surface area contributed by atoms with Crippen LogP contribution in [0.4, 0.5) is 5.13 Å². The minimum atomic E-state index is -0.223. The summed E-state index contributed by atoms with van der Waals surface area (Å²) in [5.74, 6) is 1.88. The molecule has 0 bridgehead atoms. The van der Waals surface area contributed by atoms with Crippen molar-refractivity contribution < 1.29 is 14.6 Å². The molecular weight excluding hydrogens is 408 g/mol. The van der Waals surface area contributed by atoms with Gasteiger partial charge in [0.05, 0.1) is 11.6 Å². The van der Waals surface area contributed by atoms with E-state index in [9.17, 15) is 4.79 Å². The van der Waals surface area contributed by atoms with Crippen molar-refractivity contribution in [1.82, 2.24) is 4.98 Å². The highest BCUT2D eigenvalue weighted by atomic mass is 32.1. The molecule has 1 atom stereocenters. The number of amides is 1. The Morgan fingerprint density at radius 3 is 2.52 bits per heavy atom. The maximum Gasteiger partial charge on any atom is 0.233 e. The molecule has 1 saturated carbocycles. The molecule has 0 radical (unpaired) electrons. The predicted octanol–water partition coefficient (Wildman–Crippen LogP) is 5.77. The minimum Gasteiger partial charge on any atom is -0.457 e. The van der Waals surface area contributed by atoms with Gasteiger partial charge in [-0.15, -0.1) is 11.3 Å². The van der Waals surface area contributed by atoms with Gasteiger partial charge >= 0.3 is 0 Å². The maximum absolute atomic E-state index is 13.2. The highest BCUT2D eigenvalue weighted by Crippen LogP contribution is 2.36. The molecule has 2 aromatic carbocycles. The quantitative estimate of drug-likeness (QED) is 0.446. The Balaban J connectivity index is 1.48. The number of aromatic nitrogens is 1. The number of aliphatic hydroxyl groups excluding tert-OH is 1. The van der Waals surface area contributed by atoms with Crippen LogP contribution in [0.5, 0.6) is 11.5 Å². The number of carbonyl (C=O) groups is 1. The van der Waals surface area contributed by atoms with E-state index in [1.807, 2.05) is 60.0 Å². The van der Waals surface area contributed by atoms with Crippen LogP contribution >= 0.6 is 11.3 Å². The summed E-state index contributed by atoms with van der Waals surface area (Å²) in [5, 5.41) is 14.6. The number of nitrogens with one attached hydrogen (secondary N) is 1. The Labute approximate surface area is 187 Å². The number of anilines is 1. The first kappa shape index (κ1) is 21.5. The van der Waals surface area contributed by atoms with Crippen LogP contribution in [0.15, 0.2) is 60.0 Å². The van der Waals surface area contributed by atoms with E-state index in [0.29, 0.717) is 17.5 Å². The number of para-hydroxylation sites is 1. The molecular formula is C25H28N2O3S. The average Bonchev–Trinajstić information content (AvgIpc) is 3.46.